The summed E-state index contributed by atoms with van der Waals surface area (Å²) in [6, 6.07) is 17.4. The van der Waals surface area contributed by atoms with Gasteiger partial charge in [0.25, 0.3) is 5.91 Å². The van der Waals surface area contributed by atoms with Crippen molar-refractivity contribution in [2.24, 2.45) is 0 Å². The molecule has 0 saturated heterocycles. The fourth-order valence-electron chi connectivity index (χ4n) is 2.91. The Labute approximate surface area is 156 Å². The van der Waals surface area contributed by atoms with Gasteiger partial charge in [-0.3, -0.25) is 9.59 Å². The molecule has 4 N–H and O–H groups in total. The van der Waals surface area contributed by atoms with Gasteiger partial charge < -0.3 is 16.2 Å². The summed E-state index contributed by atoms with van der Waals surface area (Å²) in [6.07, 6.45) is -0.231. The van der Waals surface area contributed by atoms with Crippen molar-refractivity contribution in [2.45, 2.75) is 19.4 Å². The van der Waals surface area contributed by atoms with E-state index < -0.39 is 17.9 Å². The highest BCUT2D eigenvalue weighted by molar-refractivity contribution is 5.93. The van der Waals surface area contributed by atoms with E-state index in [1.54, 1.807) is 6.07 Å². The second-order valence-corrected chi connectivity index (χ2v) is 6.18. The average molecular weight is 364 g/mol. The smallest absolute Gasteiger partial charge is 0.305 e. The molecule has 0 unspecified atom stereocenters. The van der Waals surface area contributed by atoms with E-state index >= 15 is 0 Å². The number of nitrogens with two attached hydrogens (primary N) is 1. The predicted octanol–water partition coefficient (Wildman–Crippen LogP) is 2.71. The minimum absolute atomic E-state index is 0.125. The van der Waals surface area contributed by atoms with Crippen molar-refractivity contribution in [3.8, 4) is 5.69 Å². The number of para-hydroxylation sites is 1. The summed E-state index contributed by atoms with van der Waals surface area (Å²) in [5.74, 6) is -1.17. The molecule has 1 aromatic heterocycles. The third-order valence-corrected chi connectivity index (χ3v) is 4.22. The summed E-state index contributed by atoms with van der Waals surface area (Å²) in [5, 5.41) is 16.2. The van der Waals surface area contributed by atoms with Gasteiger partial charge in [0.15, 0.2) is 5.69 Å². The van der Waals surface area contributed by atoms with Crippen molar-refractivity contribution in [2.75, 3.05) is 5.73 Å². The van der Waals surface area contributed by atoms with E-state index in [1.807, 2.05) is 55.5 Å². The minimum Gasteiger partial charge on any atom is -0.481 e. The number of aliphatic carboxylic acids is 1. The average Bonchev–Trinajstić information content (AvgIpc) is 3.04. The second kappa shape index (κ2) is 7.74. The molecule has 0 spiro atoms. The number of nitrogens with one attached hydrogen (secondary N) is 1. The first-order valence-corrected chi connectivity index (χ1v) is 8.45. The number of aryl methyl sites for hydroxylation is 1. The standard InChI is InChI=1S/C20H20N4O3/c1-13-7-5-6-10-15(13)16(12-19(25)26)22-20(27)17-11-18(21)24(23-17)14-8-3-2-4-9-14/h2-11,16H,12,21H2,1H3,(H,22,27)(H,25,26)/t16-/m0/s1. The molecular weight excluding hydrogens is 344 g/mol. The number of carboxylic acids is 1. The van der Waals surface area contributed by atoms with E-state index in [-0.39, 0.29) is 12.1 Å². The lowest BCUT2D eigenvalue weighted by Gasteiger charge is -2.18. The number of carbonyl (C=O) groups excluding carboxylic acids is 1. The first-order chi connectivity index (χ1) is 13.0. The van der Waals surface area contributed by atoms with Gasteiger partial charge in [-0.25, -0.2) is 4.68 Å². The highest BCUT2D eigenvalue weighted by atomic mass is 16.4. The van der Waals surface area contributed by atoms with Crippen LogP contribution in [0.5, 0.6) is 0 Å². The molecule has 27 heavy (non-hydrogen) atoms. The SMILES string of the molecule is Cc1ccccc1[C@H](CC(=O)O)NC(=O)c1cc(N)n(-c2ccccc2)n1. The van der Waals surface area contributed by atoms with Crippen molar-refractivity contribution < 1.29 is 14.7 Å². The normalized spacial score (nSPS) is 11.7. The van der Waals surface area contributed by atoms with Gasteiger partial charge in [0.2, 0.25) is 0 Å². The Bertz CT molecular complexity index is 966. The minimum atomic E-state index is -1.00. The highest BCUT2D eigenvalue weighted by Crippen LogP contribution is 2.22. The molecule has 0 fully saturated rings. The maximum Gasteiger partial charge on any atom is 0.305 e. The van der Waals surface area contributed by atoms with Gasteiger partial charge >= 0.3 is 5.97 Å². The number of nitrogen functional groups attached to an aromatic ring is 1. The van der Waals surface area contributed by atoms with Crippen molar-refractivity contribution in [3.63, 3.8) is 0 Å². The van der Waals surface area contributed by atoms with Gasteiger partial charge in [-0.1, -0.05) is 42.5 Å². The zero-order chi connectivity index (χ0) is 19.4. The molecule has 7 heteroatoms. The Balaban J connectivity index is 1.86. The zero-order valence-corrected chi connectivity index (χ0v) is 14.8. The van der Waals surface area contributed by atoms with Crippen LogP contribution in [0.1, 0.15) is 34.1 Å². The Morgan fingerprint density at radius 2 is 1.81 bits per heavy atom. The van der Waals surface area contributed by atoms with Gasteiger partial charge in [-0.05, 0) is 30.2 Å². The maximum atomic E-state index is 12.7. The largest absolute Gasteiger partial charge is 0.481 e. The van der Waals surface area contributed by atoms with Crippen LogP contribution in [-0.4, -0.2) is 26.8 Å². The van der Waals surface area contributed by atoms with Crippen molar-refractivity contribution >= 4 is 17.7 Å². The number of benzene rings is 2. The van der Waals surface area contributed by atoms with Crippen LogP contribution in [0.25, 0.3) is 5.69 Å². The van der Waals surface area contributed by atoms with E-state index in [0.717, 1.165) is 16.8 Å². The third-order valence-electron chi connectivity index (χ3n) is 4.22. The fourth-order valence-corrected chi connectivity index (χ4v) is 2.91. The molecule has 1 heterocycles. The van der Waals surface area contributed by atoms with E-state index in [4.69, 9.17) is 5.73 Å². The second-order valence-electron chi connectivity index (χ2n) is 6.18. The Morgan fingerprint density at radius 3 is 2.48 bits per heavy atom. The summed E-state index contributed by atoms with van der Waals surface area (Å²) < 4.78 is 1.47. The molecule has 1 amide bonds. The number of carboxylic acid groups (broad SMARTS) is 1. The summed E-state index contributed by atoms with van der Waals surface area (Å²) >= 11 is 0. The molecule has 2 aromatic carbocycles. The number of amides is 1. The molecule has 7 nitrogen and oxygen atoms in total. The Hall–Kier alpha value is -3.61. The first-order valence-electron chi connectivity index (χ1n) is 8.45. The molecule has 3 aromatic rings. The first kappa shape index (κ1) is 18.2. The van der Waals surface area contributed by atoms with Gasteiger partial charge in [0.1, 0.15) is 5.82 Å². The van der Waals surface area contributed by atoms with Crippen molar-refractivity contribution in [1.29, 1.82) is 0 Å². The fraction of sp³-hybridized carbons (Fsp3) is 0.150. The molecule has 0 saturated carbocycles. The number of aromatic nitrogens is 2. The number of hydrogen-bond acceptors (Lipinski definition) is 4. The van der Waals surface area contributed by atoms with Gasteiger partial charge in [0.05, 0.1) is 18.2 Å². The Kier molecular flexibility index (Phi) is 5.21. The molecular formula is C20H20N4O3. The predicted molar refractivity (Wildman–Crippen MR) is 102 cm³/mol. The van der Waals surface area contributed by atoms with Crippen molar-refractivity contribution in [1.82, 2.24) is 15.1 Å². The van der Waals surface area contributed by atoms with Crippen LogP contribution in [0.4, 0.5) is 5.82 Å². The molecule has 0 aliphatic heterocycles. The number of anilines is 1. The summed E-state index contributed by atoms with van der Waals surface area (Å²) in [6.45, 7) is 1.87. The topological polar surface area (TPSA) is 110 Å². The van der Waals surface area contributed by atoms with Crippen LogP contribution in [0.15, 0.2) is 60.7 Å². The highest BCUT2D eigenvalue weighted by Gasteiger charge is 2.22. The summed E-state index contributed by atoms with van der Waals surface area (Å²) in [5.41, 5.74) is 8.50. The quantitative estimate of drug-likeness (QED) is 0.623. The molecule has 1 atom stereocenters. The maximum absolute atomic E-state index is 12.7. The number of carbonyl (C=O) groups is 2. The lowest BCUT2D eigenvalue weighted by atomic mass is 9.98. The lowest BCUT2D eigenvalue weighted by Crippen LogP contribution is -2.31. The van der Waals surface area contributed by atoms with E-state index in [1.165, 1.54) is 10.7 Å². The van der Waals surface area contributed by atoms with Crippen LogP contribution < -0.4 is 11.1 Å². The molecule has 0 aliphatic carbocycles. The summed E-state index contributed by atoms with van der Waals surface area (Å²) in [7, 11) is 0. The van der Waals surface area contributed by atoms with Gasteiger partial charge in [0, 0.05) is 6.07 Å². The van der Waals surface area contributed by atoms with E-state index in [9.17, 15) is 14.7 Å². The number of nitrogens with zero attached hydrogens (tertiary/aromatic N) is 2. The van der Waals surface area contributed by atoms with Crippen LogP contribution in [0.2, 0.25) is 0 Å². The van der Waals surface area contributed by atoms with Crippen LogP contribution in [0, 0.1) is 6.92 Å². The summed E-state index contributed by atoms with van der Waals surface area (Å²) in [4.78, 5) is 23.9. The monoisotopic (exact) mass is 364 g/mol. The van der Waals surface area contributed by atoms with Gasteiger partial charge in [-0.15, -0.1) is 0 Å². The zero-order valence-electron chi connectivity index (χ0n) is 14.8. The van der Waals surface area contributed by atoms with Crippen molar-refractivity contribution in [3.05, 3.63) is 77.5 Å². The third kappa shape index (κ3) is 4.14. The van der Waals surface area contributed by atoms with Gasteiger partial charge in [-0.2, -0.15) is 5.10 Å². The molecule has 0 bridgehead atoms. The number of hydrogen-bond donors (Lipinski definition) is 3. The molecule has 0 aliphatic rings. The van der Waals surface area contributed by atoms with Crippen LogP contribution >= 0.6 is 0 Å². The van der Waals surface area contributed by atoms with E-state index in [0.29, 0.717) is 5.82 Å². The molecule has 3 rings (SSSR count). The number of rotatable bonds is 6. The lowest BCUT2D eigenvalue weighted by molar-refractivity contribution is -0.137. The van der Waals surface area contributed by atoms with Crippen LogP contribution in [-0.2, 0) is 4.79 Å². The van der Waals surface area contributed by atoms with E-state index in [2.05, 4.69) is 10.4 Å². The molecule has 138 valence electrons. The van der Waals surface area contributed by atoms with Crippen LogP contribution in [0.3, 0.4) is 0 Å². The molecule has 0 radical (unpaired) electrons. The Morgan fingerprint density at radius 1 is 1.15 bits per heavy atom.